The van der Waals surface area contributed by atoms with Gasteiger partial charge in [-0.1, -0.05) is 6.92 Å². The summed E-state index contributed by atoms with van der Waals surface area (Å²) in [7, 11) is 1.79. The van der Waals surface area contributed by atoms with E-state index >= 15 is 0 Å². The third-order valence-electron chi connectivity index (χ3n) is 5.22. The van der Waals surface area contributed by atoms with Crippen molar-refractivity contribution in [1.82, 2.24) is 14.9 Å². The molecule has 1 aromatic carbocycles. The largest absolute Gasteiger partial charge is 0.464 e. The van der Waals surface area contributed by atoms with Crippen LogP contribution in [0, 0.1) is 19.8 Å². The average molecular weight is 349 g/mol. The van der Waals surface area contributed by atoms with Crippen molar-refractivity contribution in [1.29, 1.82) is 0 Å². The summed E-state index contributed by atoms with van der Waals surface area (Å²) in [4.78, 5) is 23.5. The number of hydrogen-bond acceptors (Lipinski definition) is 4. The minimum absolute atomic E-state index is 0.0512. The lowest BCUT2D eigenvalue weighted by atomic mass is 10.1. The van der Waals surface area contributed by atoms with Crippen LogP contribution >= 0.6 is 0 Å². The van der Waals surface area contributed by atoms with Crippen molar-refractivity contribution in [2.75, 3.05) is 7.05 Å². The van der Waals surface area contributed by atoms with Gasteiger partial charge < -0.3 is 9.32 Å². The number of rotatable bonds is 4. The summed E-state index contributed by atoms with van der Waals surface area (Å²) >= 11 is 0. The first-order valence-electron chi connectivity index (χ1n) is 9.01. The van der Waals surface area contributed by atoms with Gasteiger partial charge in [-0.05, 0) is 56.5 Å². The number of amides is 1. The molecule has 4 rings (SSSR count). The SMILES string of the molecule is Cc1nc2ccc(C(=O)N(C)Cc3ccc([C@H]4C[C@H]4C)o3)cc2nc1C. The molecule has 0 bridgehead atoms. The molecule has 0 N–H and O–H groups in total. The number of carbonyl (C=O) groups excluding carboxylic acids is 1. The molecular formula is C21H23N3O2. The van der Waals surface area contributed by atoms with Crippen molar-refractivity contribution in [3.63, 3.8) is 0 Å². The van der Waals surface area contributed by atoms with Gasteiger partial charge in [-0.25, -0.2) is 9.97 Å². The highest BCUT2D eigenvalue weighted by Gasteiger charge is 2.36. The molecule has 3 aromatic rings. The summed E-state index contributed by atoms with van der Waals surface area (Å²) in [5, 5.41) is 0. The predicted octanol–water partition coefficient (Wildman–Crippen LogP) is 4.24. The van der Waals surface area contributed by atoms with E-state index in [-0.39, 0.29) is 5.91 Å². The van der Waals surface area contributed by atoms with Crippen LogP contribution in [0.5, 0.6) is 0 Å². The summed E-state index contributed by atoms with van der Waals surface area (Å²) in [5.41, 5.74) is 3.96. The maximum absolute atomic E-state index is 12.8. The van der Waals surface area contributed by atoms with E-state index in [1.807, 2.05) is 44.2 Å². The molecule has 0 spiro atoms. The summed E-state index contributed by atoms with van der Waals surface area (Å²) in [6.07, 6.45) is 1.19. The van der Waals surface area contributed by atoms with Crippen molar-refractivity contribution >= 4 is 16.9 Å². The number of carbonyl (C=O) groups is 1. The topological polar surface area (TPSA) is 59.2 Å². The molecule has 0 saturated heterocycles. The highest BCUT2D eigenvalue weighted by molar-refractivity contribution is 5.97. The van der Waals surface area contributed by atoms with Gasteiger partial charge >= 0.3 is 0 Å². The first-order chi connectivity index (χ1) is 12.4. The van der Waals surface area contributed by atoms with Crippen LogP contribution in [0.2, 0.25) is 0 Å². The smallest absolute Gasteiger partial charge is 0.254 e. The van der Waals surface area contributed by atoms with E-state index in [1.165, 1.54) is 6.42 Å². The van der Waals surface area contributed by atoms with Gasteiger partial charge in [0.25, 0.3) is 5.91 Å². The molecule has 0 unspecified atom stereocenters. The molecule has 0 radical (unpaired) electrons. The molecule has 1 amide bonds. The molecule has 0 aliphatic heterocycles. The van der Waals surface area contributed by atoms with Crippen molar-refractivity contribution < 1.29 is 9.21 Å². The first-order valence-corrected chi connectivity index (χ1v) is 9.01. The van der Waals surface area contributed by atoms with Gasteiger partial charge in [0.15, 0.2) is 0 Å². The quantitative estimate of drug-likeness (QED) is 0.707. The van der Waals surface area contributed by atoms with Crippen LogP contribution < -0.4 is 0 Å². The Hall–Kier alpha value is -2.69. The van der Waals surface area contributed by atoms with E-state index in [1.54, 1.807) is 11.9 Å². The molecule has 26 heavy (non-hydrogen) atoms. The number of nitrogens with zero attached hydrogens (tertiary/aromatic N) is 3. The average Bonchev–Trinajstić information content (AvgIpc) is 3.16. The summed E-state index contributed by atoms with van der Waals surface area (Å²) in [5.74, 6) is 3.07. The zero-order valence-corrected chi connectivity index (χ0v) is 15.6. The number of benzene rings is 1. The fraction of sp³-hybridized carbons (Fsp3) is 0.381. The highest BCUT2D eigenvalue weighted by atomic mass is 16.3. The van der Waals surface area contributed by atoms with E-state index in [0.29, 0.717) is 23.9 Å². The van der Waals surface area contributed by atoms with Gasteiger partial charge in [0, 0.05) is 18.5 Å². The van der Waals surface area contributed by atoms with Crippen molar-refractivity contribution in [3.8, 4) is 0 Å². The predicted molar refractivity (Wildman–Crippen MR) is 100 cm³/mol. The number of fused-ring (bicyclic) bond motifs is 1. The molecular weight excluding hydrogens is 326 g/mol. The van der Waals surface area contributed by atoms with E-state index < -0.39 is 0 Å². The molecule has 5 heteroatoms. The van der Waals surface area contributed by atoms with E-state index in [0.717, 1.165) is 33.9 Å². The van der Waals surface area contributed by atoms with Crippen molar-refractivity contribution in [3.05, 3.63) is 58.8 Å². The lowest BCUT2D eigenvalue weighted by Gasteiger charge is -2.16. The number of furan rings is 1. The van der Waals surface area contributed by atoms with Gasteiger partial charge in [-0.2, -0.15) is 0 Å². The van der Waals surface area contributed by atoms with Crippen LogP contribution in [0.25, 0.3) is 11.0 Å². The maximum atomic E-state index is 12.8. The highest BCUT2D eigenvalue weighted by Crippen LogP contribution is 2.47. The molecule has 1 aliphatic rings. The van der Waals surface area contributed by atoms with E-state index in [4.69, 9.17) is 4.42 Å². The number of aryl methyl sites for hydroxylation is 2. The lowest BCUT2D eigenvalue weighted by Crippen LogP contribution is -2.26. The maximum Gasteiger partial charge on any atom is 0.254 e. The van der Waals surface area contributed by atoms with Gasteiger partial charge in [0.2, 0.25) is 0 Å². The zero-order valence-electron chi connectivity index (χ0n) is 15.6. The molecule has 2 atom stereocenters. The number of aromatic nitrogens is 2. The van der Waals surface area contributed by atoms with Crippen LogP contribution in [0.3, 0.4) is 0 Å². The standard InChI is InChI=1S/C21H23N3O2/c1-12-9-17(12)20-8-6-16(26-20)11-24(4)21(25)15-5-7-18-19(10-15)23-14(3)13(2)22-18/h5-8,10,12,17H,9,11H2,1-4H3/t12-,17+/m1/s1. The Bertz CT molecular complexity index is 992. The van der Waals surface area contributed by atoms with Crippen LogP contribution in [-0.4, -0.2) is 27.8 Å². The fourth-order valence-electron chi connectivity index (χ4n) is 3.29. The fourth-order valence-corrected chi connectivity index (χ4v) is 3.29. The molecule has 1 fully saturated rings. The van der Waals surface area contributed by atoms with Gasteiger partial charge in [0.1, 0.15) is 11.5 Å². The summed E-state index contributed by atoms with van der Waals surface area (Å²) in [6.45, 7) is 6.55. The third-order valence-corrected chi connectivity index (χ3v) is 5.22. The summed E-state index contributed by atoms with van der Waals surface area (Å²) < 4.78 is 5.92. The Labute approximate surface area is 153 Å². The Balaban J connectivity index is 1.51. The first kappa shape index (κ1) is 16.8. The molecule has 134 valence electrons. The van der Waals surface area contributed by atoms with Gasteiger partial charge in [-0.15, -0.1) is 0 Å². The Morgan fingerprint density at radius 3 is 2.54 bits per heavy atom. The van der Waals surface area contributed by atoms with Crippen molar-refractivity contribution in [2.45, 2.75) is 39.7 Å². The molecule has 1 saturated carbocycles. The number of hydrogen-bond donors (Lipinski definition) is 0. The lowest BCUT2D eigenvalue weighted by molar-refractivity contribution is 0.0775. The molecule has 1 aliphatic carbocycles. The Morgan fingerprint density at radius 2 is 1.85 bits per heavy atom. The zero-order chi connectivity index (χ0) is 18.4. The second kappa shape index (κ2) is 6.24. The van der Waals surface area contributed by atoms with Crippen LogP contribution in [-0.2, 0) is 6.54 Å². The molecule has 5 nitrogen and oxygen atoms in total. The minimum Gasteiger partial charge on any atom is -0.464 e. The minimum atomic E-state index is -0.0512. The Kier molecular flexibility index (Phi) is 4.02. The monoisotopic (exact) mass is 349 g/mol. The molecule has 2 heterocycles. The van der Waals surface area contributed by atoms with Crippen LogP contribution in [0.15, 0.2) is 34.7 Å². The third kappa shape index (κ3) is 3.09. The second-order valence-corrected chi connectivity index (χ2v) is 7.38. The van der Waals surface area contributed by atoms with Crippen LogP contribution in [0.4, 0.5) is 0 Å². The van der Waals surface area contributed by atoms with E-state index in [9.17, 15) is 4.79 Å². The van der Waals surface area contributed by atoms with Gasteiger partial charge in [0.05, 0.1) is 29.0 Å². The normalized spacial score (nSPS) is 18.9. The van der Waals surface area contributed by atoms with Gasteiger partial charge in [-0.3, -0.25) is 4.79 Å². The van der Waals surface area contributed by atoms with E-state index in [2.05, 4.69) is 16.9 Å². The second-order valence-electron chi connectivity index (χ2n) is 7.38. The summed E-state index contributed by atoms with van der Waals surface area (Å²) in [6, 6.07) is 9.49. The van der Waals surface area contributed by atoms with Crippen LogP contribution in [0.1, 0.15) is 52.5 Å². The Morgan fingerprint density at radius 1 is 1.15 bits per heavy atom. The van der Waals surface area contributed by atoms with Crippen molar-refractivity contribution in [2.24, 2.45) is 5.92 Å². The molecule has 2 aromatic heterocycles.